The van der Waals surface area contributed by atoms with Crippen LogP contribution in [-0.4, -0.2) is 26.2 Å². The molecule has 0 radical (unpaired) electrons. The van der Waals surface area contributed by atoms with Gasteiger partial charge in [0.2, 0.25) is 6.29 Å². The molecule has 0 fully saturated rings. The molecule has 1 aromatic heterocycles. The van der Waals surface area contributed by atoms with Crippen LogP contribution in [0, 0.1) is 11.3 Å². The summed E-state index contributed by atoms with van der Waals surface area (Å²) in [5.41, 5.74) is 1.92. The molecule has 4 rings (SSSR count). The lowest BCUT2D eigenvalue weighted by atomic mass is 9.81. The lowest BCUT2D eigenvalue weighted by molar-refractivity contribution is -0.0448. The van der Waals surface area contributed by atoms with Crippen molar-refractivity contribution >= 4 is 10.8 Å². The average molecular weight is 320 g/mol. The lowest BCUT2D eigenvalue weighted by Gasteiger charge is -2.22. The second-order valence-electron chi connectivity index (χ2n) is 6.57. The van der Waals surface area contributed by atoms with Gasteiger partial charge in [0, 0.05) is 5.56 Å². The van der Waals surface area contributed by atoms with Gasteiger partial charge < -0.3 is 9.84 Å². The molecule has 0 saturated carbocycles. The molecule has 2 aromatic carbocycles. The van der Waals surface area contributed by atoms with E-state index in [2.05, 4.69) is 16.2 Å². The Labute approximate surface area is 138 Å². The van der Waals surface area contributed by atoms with Gasteiger partial charge in [-0.15, -0.1) is 0 Å². The quantitative estimate of drug-likeness (QED) is 0.783. The molecule has 1 aliphatic heterocycles. The minimum absolute atomic E-state index is 0.465. The first-order chi connectivity index (χ1) is 11.5. The summed E-state index contributed by atoms with van der Waals surface area (Å²) in [6.07, 6.45) is 2.21. The van der Waals surface area contributed by atoms with Crippen molar-refractivity contribution in [2.24, 2.45) is 0 Å². The van der Waals surface area contributed by atoms with Crippen LogP contribution in [0.1, 0.15) is 30.5 Å². The van der Waals surface area contributed by atoms with E-state index in [1.54, 1.807) is 11.0 Å². The van der Waals surface area contributed by atoms with Gasteiger partial charge >= 0.3 is 0 Å². The van der Waals surface area contributed by atoms with Crippen molar-refractivity contribution in [2.45, 2.75) is 32.1 Å². The second kappa shape index (κ2) is 5.05. The van der Waals surface area contributed by atoms with E-state index in [1.165, 1.54) is 6.33 Å². The monoisotopic (exact) mass is 320 g/mol. The van der Waals surface area contributed by atoms with Crippen LogP contribution < -0.4 is 4.74 Å². The van der Waals surface area contributed by atoms with Gasteiger partial charge in [0.05, 0.1) is 23.6 Å². The molecule has 0 amide bonds. The number of fused-ring (bicyclic) bond motifs is 3. The zero-order valence-electron chi connectivity index (χ0n) is 13.4. The highest BCUT2D eigenvalue weighted by Gasteiger charge is 2.41. The molecule has 2 heterocycles. The van der Waals surface area contributed by atoms with Crippen molar-refractivity contribution in [3.63, 3.8) is 0 Å². The zero-order valence-corrected chi connectivity index (χ0v) is 13.4. The number of aliphatic hydroxyl groups is 1. The molecule has 24 heavy (non-hydrogen) atoms. The van der Waals surface area contributed by atoms with E-state index in [4.69, 9.17) is 4.74 Å². The molecule has 120 valence electrons. The summed E-state index contributed by atoms with van der Waals surface area (Å²) in [5, 5.41) is 25.8. The van der Waals surface area contributed by atoms with Crippen LogP contribution in [-0.2, 0) is 12.0 Å². The van der Waals surface area contributed by atoms with Gasteiger partial charge in [-0.3, -0.25) is 0 Å². The number of nitriles is 1. The number of benzene rings is 2. The van der Waals surface area contributed by atoms with E-state index >= 15 is 0 Å². The molecular weight excluding hydrogens is 304 g/mol. The summed E-state index contributed by atoms with van der Waals surface area (Å²) in [4.78, 5) is 3.94. The third-order valence-electron chi connectivity index (χ3n) is 4.63. The van der Waals surface area contributed by atoms with Crippen LogP contribution in [0.4, 0.5) is 0 Å². The van der Waals surface area contributed by atoms with E-state index in [-0.39, 0.29) is 0 Å². The highest BCUT2D eigenvalue weighted by Crippen LogP contribution is 2.46. The molecular formula is C18H16N4O2. The van der Waals surface area contributed by atoms with Crippen LogP contribution in [0.3, 0.4) is 0 Å². The molecule has 3 aromatic rings. The number of hydrogen-bond donors (Lipinski definition) is 1. The second-order valence-corrected chi connectivity index (χ2v) is 6.57. The number of nitrogens with zero attached hydrogens (tertiary/aromatic N) is 4. The SMILES string of the molecule is CC1(C)c2c(ccc3cc(C#N)c(Cn4cncn4)cc23)OC1O. The average Bonchev–Trinajstić information content (AvgIpc) is 3.14. The number of rotatable bonds is 2. The molecule has 1 aliphatic rings. The summed E-state index contributed by atoms with van der Waals surface area (Å²) >= 11 is 0. The van der Waals surface area contributed by atoms with E-state index in [9.17, 15) is 10.4 Å². The first kappa shape index (κ1) is 14.7. The van der Waals surface area contributed by atoms with Gasteiger partial charge in [-0.2, -0.15) is 10.4 Å². The van der Waals surface area contributed by atoms with E-state index < -0.39 is 11.7 Å². The normalized spacial score (nSPS) is 18.2. The van der Waals surface area contributed by atoms with Gasteiger partial charge in [-0.05, 0) is 48.4 Å². The number of aromatic nitrogens is 3. The molecule has 6 nitrogen and oxygen atoms in total. The molecule has 1 atom stereocenters. The highest BCUT2D eigenvalue weighted by atomic mass is 16.6. The Morgan fingerprint density at radius 2 is 2.21 bits per heavy atom. The van der Waals surface area contributed by atoms with Crippen LogP contribution >= 0.6 is 0 Å². The van der Waals surface area contributed by atoms with E-state index in [0.717, 1.165) is 21.9 Å². The third-order valence-corrected chi connectivity index (χ3v) is 4.63. The Balaban J connectivity index is 1.95. The fourth-order valence-electron chi connectivity index (χ4n) is 3.27. The number of hydrogen-bond acceptors (Lipinski definition) is 5. The molecule has 0 saturated heterocycles. The minimum atomic E-state index is -0.882. The molecule has 0 spiro atoms. The van der Waals surface area contributed by atoms with Gasteiger partial charge in [-0.1, -0.05) is 6.07 Å². The largest absolute Gasteiger partial charge is 0.464 e. The van der Waals surface area contributed by atoms with Crippen LogP contribution in [0.15, 0.2) is 36.9 Å². The van der Waals surface area contributed by atoms with E-state index in [1.807, 2.05) is 38.1 Å². The Morgan fingerprint density at radius 3 is 2.92 bits per heavy atom. The van der Waals surface area contributed by atoms with Crippen LogP contribution in [0.5, 0.6) is 5.75 Å². The van der Waals surface area contributed by atoms with Gasteiger partial charge in [0.25, 0.3) is 0 Å². The third kappa shape index (κ3) is 2.06. The fourth-order valence-corrected chi connectivity index (χ4v) is 3.27. The summed E-state index contributed by atoms with van der Waals surface area (Å²) in [7, 11) is 0. The van der Waals surface area contributed by atoms with Gasteiger partial charge in [0.1, 0.15) is 18.4 Å². The maximum Gasteiger partial charge on any atom is 0.206 e. The molecule has 0 bridgehead atoms. The summed E-state index contributed by atoms with van der Waals surface area (Å²) in [6, 6.07) is 9.90. The van der Waals surface area contributed by atoms with E-state index in [0.29, 0.717) is 17.9 Å². The minimum Gasteiger partial charge on any atom is -0.464 e. The topological polar surface area (TPSA) is 84.0 Å². The summed E-state index contributed by atoms with van der Waals surface area (Å²) in [6.45, 7) is 4.38. The Kier molecular flexibility index (Phi) is 3.08. The molecule has 0 aliphatic carbocycles. The van der Waals surface area contributed by atoms with Crippen molar-refractivity contribution in [2.75, 3.05) is 0 Å². The van der Waals surface area contributed by atoms with Gasteiger partial charge in [0.15, 0.2) is 0 Å². The molecule has 1 N–H and O–H groups in total. The van der Waals surface area contributed by atoms with Crippen molar-refractivity contribution in [1.82, 2.24) is 14.8 Å². The standard InChI is InChI=1S/C18H16N4O2/c1-18(2)16-14-6-13(8-22-10-20-9-21-22)12(7-19)5-11(14)3-4-15(16)24-17(18)23/h3-6,9-10,17,23H,8H2,1-2H3. The van der Waals surface area contributed by atoms with Crippen molar-refractivity contribution < 1.29 is 9.84 Å². The van der Waals surface area contributed by atoms with Crippen LogP contribution in [0.25, 0.3) is 10.8 Å². The van der Waals surface area contributed by atoms with Crippen LogP contribution in [0.2, 0.25) is 0 Å². The summed E-state index contributed by atoms with van der Waals surface area (Å²) < 4.78 is 7.28. The predicted molar refractivity (Wildman–Crippen MR) is 87.4 cm³/mol. The molecule has 1 unspecified atom stereocenters. The predicted octanol–water partition coefficient (Wildman–Crippen LogP) is 2.34. The molecule has 6 heteroatoms. The summed E-state index contributed by atoms with van der Waals surface area (Å²) in [5.74, 6) is 0.691. The maximum absolute atomic E-state index is 10.2. The number of aliphatic hydroxyl groups excluding tert-OH is 1. The van der Waals surface area contributed by atoms with Crippen molar-refractivity contribution in [3.05, 3.63) is 53.6 Å². The first-order valence-corrected chi connectivity index (χ1v) is 7.68. The highest BCUT2D eigenvalue weighted by molar-refractivity contribution is 5.91. The number of ether oxygens (including phenoxy) is 1. The van der Waals surface area contributed by atoms with Crippen molar-refractivity contribution in [3.8, 4) is 11.8 Å². The Hall–Kier alpha value is -2.91. The maximum atomic E-state index is 10.2. The van der Waals surface area contributed by atoms with Crippen molar-refractivity contribution in [1.29, 1.82) is 5.26 Å². The zero-order chi connectivity index (χ0) is 16.9. The smallest absolute Gasteiger partial charge is 0.206 e. The Bertz CT molecular complexity index is 971. The fraction of sp³-hybridized carbons (Fsp3) is 0.278. The lowest BCUT2D eigenvalue weighted by Crippen LogP contribution is -2.31. The Morgan fingerprint density at radius 1 is 1.38 bits per heavy atom. The van der Waals surface area contributed by atoms with Gasteiger partial charge in [-0.25, -0.2) is 9.67 Å². The first-order valence-electron chi connectivity index (χ1n) is 7.68.